The van der Waals surface area contributed by atoms with Crippen molar-refractivity contribution in [2.75, 3.05) is 39.3 Å². The quantitative estimate of drug-likeness (QED) is 0.834. The molecule has 1 unspecified atom stereocenters. The van der Waals surface area contributed by atoms with Gasteiger partial charge in [0, 0.05) is 44.5 Å². The molecule has 7 nitrogen and oxygen atoms in total. The Morgan fingerprint density at radius 2 is 1.92 bits per heavy atom. The number of sulfonamides is 1. The Morgan fingerprint density at radius 1 is 1.20 bits per heavy atom. The van der Waals surface area contributed by atoms with Crippen LogP contribution in [0, 0.1) is 11.3 Å². The van der Waals surface area contributed by atoms with Gasteiger partial charge < -0.3 is 10.2 Å². The number of rotatable bonds is 3. The van der Waals surface area contributed by atoms with Crippen molar-refractivity contribution < 1.29 is 13.2 Å². The van der Waals surface area contributed by atoms with Crippen LogP contribution in [0.15, 0.2) is 29.4 Å². The fourth-order valence-electron chi connectivity index (χ4n) is 4.19. The van der Waals surface area contributed by atoms with E-state index >= 15 is 0 Å². The molecule has 136 valence electrons. The molecule has 0 aromatic carbocycles. The SMILES string of the molecule is O=C(C1CC12CCNCC2)N1CCN(S(=O)(=O)c2cccnc2)CC1. The first kappa shape index (κ1) is 16.9. The van der Waals surface area contributed by atoms with Crippen LogP contribution in [0.4, 0.5) is 0 Å². The van der Waals surface area contributed by atoms with E-state index < -0.39 is 10.0 Å². The van der Waals surface area contributed by atoms with Gasteiger partial charge >= 0.3 is 0 Å². The third-order valence-corrected chi connectivity index (χ3v) is 7.79. The Balaban J connectivity index is 1.37. The van der Waals surface area contributed by atoms with Crippen molar-refractivity contribution in [3.05, 3.63) is 24.5 Å². The molecule has 1 aromatic rings. The summed E-state index contributed by atoms with van der Waals surface area (Å²) in [4.78, 5) is 18.8. The van der Waals surface area contributed by atoms with Gasteiger partial charge in [-0.15, -0.1) is 0 Å². The molecule has 8 heteroatoms. The largest absolute Gasteiger partial charge is 0.340 e. The maximum absolute atomic E-state index is 12.8. The van der Waals surface area contributed by atoms with Gasteiger partial charge in [0.05, 0.1) is 0 Å². The average Bonchev–Trinajstić information content (AvgIpc) is 3.35. The van der Waals surface area contributed by atoms with E-state index in [-0.39, 0.29) is 22.1 Å². The molecule has 1 atom stereocenters. The lowest BCUT2D eigenvalue weighted by atomic mass is 9.91. The number of aromatic nitrogens is 1. The summed E-state index contributed by atoms with van der Waals surface area (Å²) in [6.45, 7) is 3.66. The molecule has 1 amide bonds. The van der Waals surface area contributed by atoms with Crippen molar-refractivity contribution in [2.45, 2.75) is 24.2 Å². The van der Waals surface area contributed by atoms with Crippen molar-refractivity contribution in [3.8, 4) is 0 Å². The standard InChI is InChI=1S/C17H24N4O3S/c22-16(15-12-17(15)3-6-18-7-4-17)20-8-10-21(11-9-20)25(23,24)14-2-1-5-19-13-14/h1-2,5,13,15,18H,3-4,6-12H2. The zero-order valence-electron chi connectivity index (χ0n) is 14.2. The van der Waals surface area contributed by atoms with Crippen LogP contribution < -0.4 is 5.32 Å². The van der Waals surface area contributed by atoms with E-state index in [1.54, 1.807) is 18.3 Å². The van der Waals surface area contributed by atoms with Crippen LogP contribution in [0.2, 0.25) is 0 Å². The van der Waals surface area contributed by atoms with Crippen LogP contribution in [0.25, 0.3) is 0 Å². The molecule has 4 rings (SSSR count). The van der Waals surface area contributed by atoms with Crippen LogP contribution in [-0.4, -0.2) is 67.8 Å². The molecule has 1 aliphatic carbocycles. The molecule has 2 aliphatic heterocycles. The van der Waals surface area contributed by atoms with Crippen LogP contribution >= 0.6 is 0 Å². The summed E-state index contributed by atoms with van der Waals surface area (Å²) in [5.74, 6) is 0.372. The van der Waals surface area contributed by atoms with E-state index in [1.807, 2.05) is 4.90 Å². The molecule has 3 aliphatic rings. The van der Waals surface area contributed by atoms with Crippen molar-refractivity contribution >= 4 is 15.9 Å². The van der Waals surface area contributed by atoms with E-state index in [0.717, 1.165) is 32.4 Å². The Kier molecular flexibility index (Phi) is 4.29. The van der Waals surface area contributed by atoms with E-state index in [2.05, 4.69) is 10.3 Å². The fraction of sp³-hybridized carbons (Fsp3) is 0.647. The van der Waals surface area contributed by atoms with E-state index in [9.17, 15) is 13.2 Å². The van der Waals surface area contributed by atoms with Gasteiger partial charge in [0.2, 0.25) is 15.9 Å². The number of amides is 1. The minimum absolute atomic E-state index is 0.149. The second kappa shape index (κ2) is 6.34. The second-order valence-electron chi connectivity index (χ2n) is 7.29. The smallest absolute Gasteiger partial charge is 0.244 e. The summed E-state index contributed by atoms with van der Waals surface area (Å²) in [6, 6.07) is 3.18. The first-order valence-corrected chi connectivity index (χ1v) is 10.4. The number of hydrogen-bond donors (Lipinski definition) is 1. The Morgan fingerprint density at radius 3 is 2.56 bits per heavy atom. The normalized spacial score (nSPS) is 26.6. The lowest BCUT2D eigenvalue weighted by molar-refractivity contribution is -0.134. The van der Waals surface area contributed by atoms with Crippen LogP contribution in [-0.2, 0) is 14.8 Å². The van der Waals surface area contributed by atoms with Crippen molar-refractivity contribution in [1.82, 2.24) is 19.5 Å². The van der Waals surface area contributed by atoms with Gasteiger partial charge in [-0.25, -0.2) is 8.42 Å². The Hall–Kier alpha value is -1.51. The number of carbonyl (C=O) groups excluding carboxylic acids is 1. The topological polar surface area (TPSA) is 82.6 Å². The number of piperidine rings is 1. The van der Waals surface area contributed by atoms with E-state index in [0.29, 0.717) is 26.2 Å². The van der Waals surface area contributed by atoms with Crippen LogP contribution in [0.3, 0.4) is 0 Å². The number of piperazine rings is 1. The fourth-order valence-corrected chi connectivity index (χ4v) is 5.58. The maximum Gasteiger partial charge on any atom is 0.244 e. The number of carbonyl (C=O) groups is 1. The molecular weight excluding hydrogens is 340 g/mol. The summed E-state index contributed by atoms with van der Waals surface area (Å²) in [5.41, 5.74) is 0.223. The van der Waals surface area contributed by atoms with Gasteiger partial charge in [-0.1, -0.05) is 0 Å². The van der Waals surface area contributed by atoms with Gasteiger partial charge in [-0.05, 0) is 49.9 Å². The van der Waals surface area contributed by atoms with Gasteiger partial charge in [0.1, 0.15) is 4.90 Å². The minimum atomic E-state index is -3.52. The Bertz CT molecular complexity index is 738. The zero-order chi connectivity index (χ0) is 17.5. The van der Waals surface area contributed by atoms with Crippen LogP contribution in [0.5, 0.6) is 0 Å². The summed E-state index contributed by atoms with van der Waals surface area (Å²) >= 11 is 0. The number of nitrogens with zero attached hydrogens (tertiary/aromatic N) is 3. The molecule has 1 spiro atoms. The molecule has 25 heavy (non-hydrogen) atoms. The van der Waals surface area contributed by atoms with Gasteiger partial charge in [0.15, 0.2) is 0 Å². The second-order valence-corrected chi connectivity index (χ2v) is 9.23. The van der Waals surface area contributed by atoms with Crippen molar-refractivity contribution in [3.63, 3.8) is 0 Å². The highest BCUT2D eigenvalue weighted by Crippen LogP contribution is 2.59. The summed E-state index contributed by atoms with van der Waals surface area (Å²) in [6.07, 6.45) is 6.10. The van der Waals surface area contributed by atoms with E-state index in [1.165, 1.54) is 10.5 Å². The molecule has 0 bridgehead atoms. The third-order valence-electron chi connectivity index (χ3n) is 5.91. The molecule has 3 fully saturated rings. The first-order valence-electron chi connectivity index (χ1n) is 8.93. The highest BCUT2D eigenvalue weighted by molar-refractivity contribution is 7.89. The number of nitrogens with one attached hydrogen (secondary N) is 1. The summed E-state index contributed by atoms with van der Waals surface area (Å²) in [5, 5.41) is 3.35. The predicted molar refractivity (Wildman–Crippen MR) is 92.2 cm³/mol. The molecule has 1 N–H and O–H groups in total. The average molecular weight is 364 g/mol. The predicted octanol–water partition coefficient (Wildman–Crippen LogP) is 0.304. The van der Waals surface area contributed by atoms with Gasteiger partial charge in [-0.2, -0.15) is 4.31 Å². The maximum atomic E-state index is 12.8. The number of hydrogen-bond acceptors (Lipinski definition) is 5. The first-order chi connectivity index (χ1) is 12.0. The van der Waals surface area contributed by atoms with Gasteiger partial charge in [0.25, 0.3) is 0 Å². The highest BCUT2D eigenvalue weighted by Gasteiger charge is 2.58. The van der Waals surface area contributed by atoms with Crippen LogP contribution in [0.1, 0.15) is 19.3 Å². The minimum Gasteiger partial charge on any atom is -0.340 e. The molecule has 0 radical (unpaired) electrons. The third kappa shape index (κ3) is 3.07. The van der Waals surface area contributed by atoms with E-state index in [4.69, 9.17) is 0 Å². The lowest BCUT2D eigenvalue weighted by Crippen LogP contribution is -2.51. The number of pyridine rings is 1. The highest BCUT2D eigenvalue weighted by atomic mass is 32.2. The zero-order valence-corrected chi connectivity index (χ0v) is 15.0. The molecule has 3 heterocycles. The van der Waals surface area contributed by atoms with Crippen molar-refractivity contribution in [2.24, 2.45) is 11.3 Å². The molecular formula is C17H24N4O3S. The summed E-state index contributed by atoms with van der Waals surface area (Å²) in [7, 11) is -3.52. The molecule has 1 saturated carbocycles. The molecule has 2 saturated heterocycles. The Labute approximate surface area is 148 Å². The van der Waals surface area contributed by atoms with Crippen molar-refractivity contribution in [1.29, 1.82) is 0 Å². The monoisotopic (exact) mass is 364 g/mol. The van der Waals surface area contributed by atoms with Gasteiger partial charge in [-0.3, -0.25) is 9.78 Å². The lowest BCUT2D eigenvalue weighted by Gasteiger charge is -2.35. The summed E-state index contributed by atoms with van der Waals surface area (Å²) < 4.78 is 26.7. The molecule has 1 aromatic heterocycles.